The molecule has 0 aromatic heterocycles. The van der Waals surface area contributed by atoms with Crippen molar-refractivity contribution in [1.29, 1.82) is 0 Å². The van der Waals surface area contributed by atoms with Gasteiger partial charge in [-0.15, -0.1) is 0 Å². The summed E-state index contributed by atoms with van der Waals surface area (Å²) in [4.78, 5) is 0. The van der Waals surface area contributed by atoms with Gasteiger partial charge in [0.05, 0.1) is 10.0 Å². The molecule has 1 aromatic carbocycles. The zero-order valence-corrected chi connectivity index (χ0v) is 11.7. The lowest BCUT2D eigenvalue weighted by molar-refractivity contribution is 0.167. The Labute approximate surface area is 113 Å². The van der Waals surface area contributed by atoms with E-state index in [0.717, 1.165) is 30.4 Å². The monoisotopic (exact) mass is 323 g/mol. The molecular weight excluding hydrogens is 313 g/mol. The first-order chi connectivity index (χ1) is 7.66. The molecule has 0 spiro atoms. The minimum atomic E-state index is 0.184. The number of ether oxygens (including phenoxy) is 1. The first-order valence-corrected chi connectivity index (χ1v) is 6.73. The summed E-state index contributed by atoms with van der Waals surface area (Å²) in [5.41, 5.74) is 0. The van der Waals surface area contributed by atoms with Crippen LogP contribution in [0.2, 0.25) is 10.0 Å². The molecule has 1 unspecified atom stereocenters. The molecule has 0 radical (unpaired) electrons. The van der Waals surface area contributed by atoms with Gasteiger partial charge in [0.1, 0.15) is 11.9 Å². The quantitative estimate of drug-likeness (QED) is 0.833. The predicted octanol–water partition coefficient (Wildman–Crippen LogP) is 3.89. The average molecular weight is 325 g/mol. The smallest absolute Gasteiger partial charge is 0.139 e. The van der Waals surface area contributed by atoms with E-state index in [0.29, 0.717) is 15.8 Å². The highest BCUT2D eigenvalue weighted by molar-refractivity contribution is 9.10. The molecule has 0 aliphatic carbocycles. The van der Waals surface area contributed by atoms with Crippen LogP contribution in [0.15, 0.2) is 16.6 Å². The highest BCUT2D eigenvalue weighted by Gasteiger charge is 2.16. The van der Waals surface area contributed by atoms with Crippen LogP contribution in [0.4, 0.5) is 0 Å². The van der Waals surface area contributed by atoms with E-state index in [1.165, 1.54) is 0 Å². The maximum atomic E-state index is 6.09. The number of rotatable bonds is 2. The first-order valence-electron chi connectivity index (χ1n) is 5.19. The largest absolute Gasteiger partial charge is 0.487 e. The molecule has 88 valence electrons. The van der Waals surface area contributed by atoms with E-state index < -0.39 is 0 Å². The third kappa shape index (κ3) is 3.04. The topological polar surface area (TPSA) is 21.3 Å². The van der Waals surface area contributed by atoms with Gasteiger partial charge in [0.2, 0.25) is 0 Å². The standard InChI is InChI=1S/C11H12BrCl2NO/c12-8-4-10(14)11(5-9(8)13)16-7-2-1-3-15-6-7/h4-5,7,15H,1-3,6H2. The molecule has 2 nitrogen and oxygen atoms in total. The van der Waals surface area contributed by atoms with Gasteiger partial charge in [0.25, 0.3) is 0 Å². The van der Waals surface area contributed by atoms with Crippen molar-refractivity contribution < 1.29 is 4.74 Å². The van der Waals surface area contributed by atoms with Gasteiger partial charge in [-0.2, -0.15) is 0 Å². The zero-order valence-electron chi connectivity index (χ0n) is 8.60. The van der Waals surface area contributed by atoms with Crippen LogP contribution in [0.25, 0.3) is 0 Å². The second-order valence-corrected chi connectivity index (χ2v) is 5.45. The molecule has 1 saturated heterocycles. The zero-order chi connectivity index (χ0) is 11.5. The molecule has 5 heteroatoms. The fourth-order valence-corrected chi connectivity index (χ4v) is 2.53. The van der Waals surface area contributed by atoms with Crippen LogP contribution in [0.3, 0.4) is 0 Å². The van der Waals surface area contributed by atoms with E-state index in [1.54, 1.807) is 12.1 Å². The van der Waals surface area contributed by atoms with Crippen molar-refractivity contribution in [1.82, 2.24) is 5.32 Å². The van der Waals surface area contributed by atoms with Gasteiger partial charge >= 0.3 is 0 Å². The summed E-state index contributed by atoms with van der Waals surface area (Å²) < 4.78 is 6.61. The van der Waals surface area contributed by atoms with E-state index in [4.69, 9.17) is 27.9 Å². The van der Waals surface area contributed by atoms with Crippen LogP contribution in [0.5, 0.6) is 5.75 Å². The second-order valence-electron chi connectivity index (χ2n) is 3.78. The second kappa shape index (κ2) is 5.58. The summed E-state index contributed by atoms with van der Waals surface area (Å²) in [5, 5.41) is 4.49. The molecule has 1 aliphatic heterocycles. The molecular formula is C11H12BrCl2NO. The fourth-order valence-electron chi connectivity index (χ4n) is 1.69. The molecule has 16 heavy (non-hydrogen) atoms. The van der Waals surface area contributed by atoms with E-state index in [1.807, 2.05) is 0 Å². The Bertz CT molecular complexity index is 380. The van der Waals surface area contributed by atoms with E-state index >= 15 is 0 Å². The van der Waals surface area contributed by atoms with Gasteiger partial charge in [-0.25, -0.2) is 0 Å². The van der Waals surface area contributed by atoms with Gasteiger partial charge in [-0.1, -0.05) is 23.2 Å². The van der Waals surface area contributed by atoms with E-state index in [-0.39, 0.29) is 6.10 Å². The van der Waals surface area contributed by atoms with Crippen LogP contribution >= 0.6 is 39.1 Å². The highest BCUT2D eigenvalue weighted by atomic mass is 79.9. The molecule has 0 saturated carbocycles. The number of hydrogen-bond acceptors (Lipinski definition) is 2. The van der Waals surface area contributed by atoms with Gasteiger partial charge in [0, 0.05) is 17.1 Å². The first kappa shape index (κ1) is 12.5. The fraction of sp³-hybridized carbons (Fsp3) is 0.455. The number of halogens is 3. The molecule has 1 aliphatic rings. The number of piperidine rings is 1. The van der Waals surface area contributed by atoms with Crippen LogP contribution in [0, 0.1) is 0 Å². The number of hydrogen-bond donors (Lipinski definition) is 1. The van der Waals surface area contributed by atoms with Crippen LogP contribution in [0.1, 0.15) is 12.8 Å². The maximum absolute atomic E-state index is 6.09. The van der Waals surface area contributed by atoms with E-state index in [9.17, 15) is 0 Å². The van der Waals surface area contributed by atoms with Crippen molar-refractivity contribution in [2.24, 2.45) is 0 Å². The summed E-state index contributed by atoms with van der Waals surface area (Å²) in [6, 6.07) is 3.51. The van der Waals surface area contributed by atoms with Crippen LogP contribution < -0.4 is 10.1 Å². The van der Waals surface area contributed by atoms with Gasteiger partial charge in [0.15, 0.2) is 0 Å². The Hall–Kier alpha value is 0.0400. The Morgan fingerprint density at radius 1 is 1.31 bits per heavy atom. The molecule has 1 atom stereocenters. The van der Waals surface area contributed by atoms with Gasteiger partial charge < -0.3 is 10.1 Å². The molecule has 1 N–H and O–H groups in total. The highest BCUT2D eigenvalue weighted by Crippen LogP contribution is 2.34. The third-order valence-electron chi connectivity index (χ3n) is 2.52. The third-order valence-corrected chi connectivity index (χ3v) is 4.01. The SMILES string of the molecule is Clc1cc(OC2CCCNC2)c(Cl)cc1Br. The average Bonchev–Trinajstić information content (AvgIpc) is 2.27. The molecule has 0 amide bonds. The molecule has 1 fully saturated rings. The summed E-state index contributed by atoms with van der Waals surface area (Å²) >= 11 is 15.4. The lowest BCUT2D eigenvalue weighted by atomic mass is 10.1. The molecule has 0 bridgehead atoms. The molecule has 1 aromatic rings. The van der Waals surface area contributed by atoms with Crippen molar-refractivity contribution >= 4 is 39.1 Å². The van der Waals surface area contributed by atoms with Crippen molar-refractivity contribution in [3.05, 3.63) is 26.7 Å². The maximum Gasteiger partial charge on any atom is 0.139 e. The lowest BCUT2D eigenvalue weighted by Gasteiger charge is -2.24. The summed E-state index contributed by atoms with van der Waals surface area (Å²) in [5.74, 6) is 0.656. The van der Waals surface area contributed by atoms with E-state index in [2.05, 4.69) is 21.2 Å². The van der Waals surface area contributed by atoms with Crippen molar-refractivity contribution in [3.63, 3.8) is 0 Å². The summed E-state index contributed by atoms with van der Waals surface area (Å²) in [6.45, 7) is 1.93. The van der Waals surface area contributed by atoms with Gasteiger partial charge in [-0.3, -0.25) is 0 Å². The minimum absolute atomic E-state index is 0.184. The Morgan fingerprint density at radius 2 is 2.12 bits per heavy atom. The van der Waals surface area contributed by atoms with Crippen LogP contribution in [-0.2, 0) is 0 Å². The van der Waals surface area contributed by atoms with Crippen molar-refractivity contribution in [3.8, 4) is 5.75 Å². The number of nitrogens with one attached hydrogen (secondary N) is 1. The normalized spacial score (nSPS) is 20.8. The summed E-state index contributed by atoms with van der Waals surface area (Å²) in [7, 11) is 0. The van der Waals surface area contributed by atoms with Crippen molar-refractivity contribution in [2.75, 3.05) is 13.1 Å². The Kier molecular flexibility index (Phi) is 4.36. The van der Waals surface area contributed by atoms with Crippen molar-refractivity contribution in [2.45, 2.75) is 18.9 Å². The minimum Gasteiger partial charge on any atom is -0.487 e. The number of benzene rings is 1. The van der Waals surface area contributed by atoms with Gasteiger partial charge in [-0.05, 0) is 41.4 Å². The molecule has 1 heterocycles. The summed E-state index contributed by atoms with van der Waals surface area (Å²) in [6.07, 6.45) is 2.37. The predicted molar refractivity (Wildman–Crippen MR) is 70.7 cm³/mol. The Balaban J connectivity index is 2.11. The Morgan fingerprint density at radius 3 is 2.81 bits per heavy atom. The lowest BCUT2D eigenvalue weighted by Crippen LogP contribution is -2.37. The van der Waals surface area contributed by atoms with Crippen LogP contribution in [-0.4, -0.2) is 19.2 Å². The molecule has 2 rings (SSSR count).